The summed E-state index contributed by atoms with van der Waals surface area (Å²) in [6.45, 7) is 3.42. The molecule has 26 heavy (non-hydrogen) atoms. The number of rotatable bonds is 7. The molecular weight excluding hydrogens is 336 g/mol. The van der Waals surface area contributed by atoms with Crippen molar-refractivity contribution in [3.63, 3.8) is 0 Å². The van der Waals surface area contributed by atoms with Gasteiger partial charge in [0.1, 0.15) is 29.7 Å². The van der Waals surface area contributed by atoms with E-state index in [1.54, 1.807) is 44.2 Å². The van der Waals surface area contributed by atoms with Gasteiger partial charge in [-0.15, -0.1) is 0 Å². The number of para-hydroxylation sites is 1. The molecular formula is C19H20N2O5. The van der Waals surface area contributed by atoms with Gasteiger partial charge < -0.3 is 19.2 Å². The van der Waals surface area contributed by atoms with Crippen molar-refractivity contribution in [1.82, 2.24) is 5.32 Å². The van der Waals surface area contributed by atoms with Gasteiger partial charge >= 0.3 is 5.97 Å². The van der Waals surface area contributed by atoms with Gasteiger partial charge in [0.15, 0.2) is 5.76 Å². The van der Waals surface area contributed by atoms with Crippen molar-refractivity contribution in [3.8, 4) is 11.8 Å². The summed E-state index contributed by atoms with van der Waals surface area (Å²) in [7, 11) is 1.27. The molecule has 0 spiro atoms. The van der Waals surface area contributed by atoms with E-state index in [2.05, 4.69) is 5.32 Å². The highest BCUT2D eigenvalue weighted by molar-refractivity contribution is 5.96. The molecule has 1 unspecified atom stereocenters. The molecule has 1 atom stereocenters. The van der Waals surface area contributed by atoms with E-state index >= 15 is 0 Å². The second-order valence-electron chi connectivity index (χ2n) is 5.79. The van der Waals surface area contributed by atoms with Crippen molar-refractivity contribution in [2.45, 2.75) is 32.4 Å². The Morgan fingerprint density at radius 1 is 1.27 bits per heavy atom. The first-order valence-electron chi connectivity index (χ1n) is 8.05. The summed E-state index contributed by atoms with van der Waals surface area (Å²) in [5, 5.41) is 11.7. The molecule has 1 heterocycles. The average molecular weight is 356 g/mol. The molecule has 1 amide bonds. The van der Waals surface area contributed by atoms with E-state index in [9.17, 15) is 9.59 Å². The van der Waals surface area contributed by atoms with Gasteiger partial charge in [-0.05, 0) is 37.6 Å². The number of nitrogens with one attached hydrogen (secondary N) is 1. The number of benzene rings is 1. The van der Waals surface area contributed by atoms with Crippen LogP contribution in [0.5, 0.6) is 5.75 Å². The van der Waals surface area contributed by atoms with E-state index in [0.29, 0.717) is 23.5 Å². The van der Waals surface area contributed by atoms with E-state index in [1.165, 1.54) is 13.2 Å². The predicted octanol–water partition coefficient (Wildman–Crippen LogP) is 2.80. The SMILES string of the molecule is CCC(C)(NC(=O)c1ccc(COc2ccccc2C#N)o1)C(=O)OC. The second kappa shape index (κ2) is 8.21. The topological polar surface area (TPSA) is 102 Å². The van der Waals surface area contributed by atoms with Crippen LogP contribution in [0.15, 0.2) is 40.8 Å². The Morgan fingerprint density at radius 3 is 2.65 bits per heavy atom. The molecule has 1 aromatic heterocycles. The summed E-state index contributed by atoms with van der Waals surface area (Å²) in [6, 6.07) is 12.0. The van der Waals surface area contributed by atoms with Crippen molar-refractivity contribution in [2.75, 3.05) is 7.11 Å². The van der Waals surface area contributed by atoms with Crippen LogP contribution in [0.25, 0.3) is 0 Å². The van der Waals surface area contributed by atoms with Crippen LogP contribution in [0.1, 0.15) is 42.1 Å². The predicted molar refractivity (Wildman–Crippen MR) is 92.4 cm³/mol. The number of methoxy groups -OCH3 is 1. The molecule has 7 heteroatoms. The minimum atomic E-state index is -1.14. The fraction of sp³-hybridized carbons (Fsp3) is 0.316. The third-order valence-electron chi connectivity index (χ3n) is 4.00. The normalized spacial score (nSPS) is 12.5. The lowest BCUT2D eigenvalue weighted by Gasteiger charge is -2.25. The number of ether oxygens (including phenoxy) is 2. The summed E-state index contributed by atoms with van der Waals surface area (Å²) in [6.07, 6.45) is 0.368. The zero-order valence-corrected chi connectivity index (χ0v) is 14.9. The van der Waals surface area contributed by atoms with E-state index in [0.717, 1.165) is 0 Å². The Bertz CT molecular complexity index is 836. The Hall–Kier alpha value is -3.27. The third kappa shape index (κ3) is 4.22. The Morgan fingerprint density at radius 2 is 2.00 bits per heavy atom. The molecule has 0 aliphatic heterocycles. The lowest BCUT2D eigenvalue weighted by molar-refractivity contribution is -0.147. The second-order valence-corrected chi connectivity index (χ2v) is 5.79. The van der Waals surface area contributed by atoms with Gasteiger partial charge in [0.25, 0.3) is 5.91 Å². The summed E-state index contributed by atoms with van der Waals surface area (Å²) in [5.74, 6) is -0.151. The maximum atomic E-state index is 12.3. The van der Waals surface area contributed by atoms with Gasteiger partial charge in [-0.1, -0.05) is 19.1 Å². The zero-order chi connectivity index (χ0) is 19.2. The Balaban J connectivity index is 2.04. The molecule has 0 saturated carbocycles. The zero-order valence-electron chi connectivity index (χ0n) is 14.9. The van der Waals surface area contributed by atoms with E-state index in [-0.39, 0.29) is 12.4 Å². The minimum absolute atomic E-state index is 0.0562. The molecule has 0 aliphatic carbocycles. The fourth-order valence-electron chi connectivity index (χ4n) is 2.23. The molecule has 0 bridgehead atoms. The van der Waals surface area contributed by atoms with Crippen LogP contribution in [0.2, 0.25) is 0 Å². The molecule has 0 aliphatic rings. The van der Waals surface area contributed by atoms with E-state index < -0.39 is 17.4 Å². The standard InChI is InChI=1S/C19H20N2O5/c1-4-19(2,18(23)24-3)21-17(22)16-10-9-14(26-16)12-25-15-8-6-5-7-13(15)11-20/h5-10H,4,12H2,1-3H3,(H,21,22). The van der Waals surface area contributed by atoms with Crippen LogP contribution < -0.4 is 10.1 Å². The fourth-order valence-corrected chi connectivity index (χ4v) is 2.23. The van der Waals surface area contributed by atoms with Gasteiger partial charge in [-0.3, -0.25) is 4.79 Å². The van der Waals surface area contributed by atoms with Crippen LogP contribution in [0.3, 0.4) is 0 Å². The molecule has 7 nitrogen and oxygen atoms in total. The van der Waals surface area contributed by atoms with E-state index in [4.69, 9.17) is 19.2 Å². The highest BCUT2D eigenvalue weighted by atomic mass is 16.5. The van der Waals surface area contributed by atoms with Crippen LogP contribution in [0, 0.1) is 11.3 Å². The quantitative estimate of drug-likeness (QED) is 0.766. The number of nitriles is 1. The molecule has 1 aromatic carbocycles. The van der Waals surface area contributed by atoms with Gasteiger partial charge in [0, 0.05) is 0 Å². The van der Waals surface area contributed by atoms with Crippen molar-refractivity contribution in [1.29, 1.82) is 5.26 Å². The maximum absolute atomic E-state index is 12.3. The van der Waals surface area contributed by atoms with Gasteiger partial charge in [-0.25, -0.2) is 4.79 Å². The van der Waals surface area contributed by atoms with Crippen LogP contribution in [-0.4, -0.2) is 24.5 Å². The minimum Gasteiger partial charge on any atom is -0.484 e. The summed E-state index contributed by atoms with van der Waals surface area (Å²) >= 11 is 0. The van der Waals surface area contributed by atoms with Gasteiger partial charge in [0.05, 0.1) is 12.7 Å². The van der Waals surface area contributed by atoms with Crippen LogP contribution in [-0.2, 0) is 16.1 Å². The monoisotopic (exact) mass is 356 g/mol. The number of hydrogen-bond donors (Lipinski definition) is 1. The Kier molecular flexibility index (Phi) is 6.02. The first-order chi connectivity index (χ1) is 12.4. The maximum Gasteiger partial charge on any atom is 0.331 e. The number of nitrogens with zero attached hydrogens (tertiary/aromatic N) is 1. The van der Waals surface area contributed by atoms with Crippen LogP contribution >= 0.6 is 0 Å². The highest BCUT2D eigenvalue weighted by Crippen LogP contribution is 2.19. The lowest BCUT2D eigenvalue weighted by Crippen LogP contribution is -2.52. The summed E-state index contributed by atoms with van der Waals surface area (Å²) in [4.78, 5) is 24.2. The number of hydrogen-bond acceptors (Lipinski definition) is 6. The number of carbonyl (C=O) groups is 2. The van der Waals surface area contributed by atoms with E-state index in [1.807, 2.05) is 6.07 Å². The van der Waals surface area contributed by atoms with Crippen molar-refractivity contribution in [3.05, 3.63) is 53.5 Å². The van der Waals surface area contributed by atoms with Gasteiger partial charge in [0.2, 0.25) is 0 Å². The summed E-state index contributed by atoms with van der Waals surface area (Å²) in [5.41, 5.74) is -0.727. The average Bonchev–Trinajstić information content (AvgIpc) is 3.14. The number of carbonyl (C=O) groups excluding carboxylic acids is 2. The molecule has 1 N–H and O–H groups in total. The molecule has 0 radical (unpaired) electrons. The number of esters is 1. The lowest BCUT2D eigenvalue weighted by atomic mass is 9.99. The molecule has 0 fully saturated rings. The summed E-state index contributed by atoms with van der Waals surface area (Å²) < 4.78 is 15.8. The largest absolute Gasteiger partial charge is 0.484 e. The smallest absolute Gasteiger partial charge is 0.331 e. The van der Waals surface area contributed by atoms with Crippen LogP contribution in [0.4, 0.5) is 0 Å². The van der Waals surface area contributed by atoms with Gasteiger partial charge in [-0.2, -0.15) is 5.26 Å². The molecule has 0 saturated heterocycles. The third-order valence-corrected chi connectivity index (χ3v) is 4.00. The van der Waals surface area contributed by atoms with Crippen molar-refractivity contribution in [2.24, 2.45) is 0 Å². The molecule has 2 rings (SSSR count). The van der Waals surface area contributed by atoms with Crippen molar-refractivity contribution < 1.29 is 23.5 Å². The Labute approximate surface area is 151 Å². The first-order valence-corrected chi connectivity index (χ1v) is 8.05. The molecule has 136 valence electrons. The highest BCUT2D eigenvalue weighted by Gasteiger charge is 2.35. The molecule has 2 aromatic rings. The number of amides is 1. The first kappa shape index (κ1) is 19.1. The number of furan rings is 1. The van der Waals surface area contributed by atoms with Crippen molar-refractivity contribution >= 4 is 11.9 Å².